The standard InChI is InChI=1S/C22H29N3.C12H19N2OPS.2C2H6/c1-6-9-10-20(19-13-11-18(15-23)12-14-19)21(17(5)25-8-3)22(24)16(4)7-2;1-8-3-4-10(15-8)5-17-6-11-9(2)13-7-14-12(11)16;2*1-2/h8,10-14H,6-7,9,24H2,1-5H3;7-8,10H,3-6,16H2,1-2H3;2*1-2H3/b20-10-,21-17-,22-16-,25-8?;;;. The second-order valence-electron chi connectivity index (χ2n) is 10.5. The summed E-state index contributed by atoms with van der Waals surface area (Å²) < 4.78 is 5.80. The van der Waals surface area contributed by atoms with Crippen LogP contribution in [0.5, 0.6) is 0 Å². The first-order valence-electron chi connectivity index (χ1n) is 16.8. The van der Waals surface area contributed by atoms with Crippen LogP contribution in [0.25, 0.3) is 5.57 Å². The highest BCUT2D eigenvalue weighted by Crippen LogP contribution is 2.32. The van der Waals surface area contributed by atoms with Crippen LogP contribution in [0.15, 0.2) is 64.2 Å². The second kappa shape index (κ2) is 25.3. The summed E-state index contributed by atoms with van der Waals surface area (Å²) >= 11 is 1.92. The fourth-order valence-electron chi connectivity index (χ4n) is 4.57. The molecule has 0 radical (unpaired) electrons. The lowest BCUT2D eigenvalue weighted by molar-refractivity contribution is 0.0700. The average molecular weight is 666 g/mol. The molecule has 6 nitrogen and oxygen atoms in total. The van der Waals surface area contributed by atoms with E-state index < -0.39 is 0 Å². The van der Waals surface area contributed by atoms with Gasteiger partial charge in [-0.2, -0.15) is 17.0 Å². The number of aliphatic imine (C=N–C) groups is 1. The Kier molecular flexibility index (Phi) is 23.8. The molecule has 0 amide bonds. The lowest BCUT2D eigenvalue weighted by Crippen LogP contribution is -2.13. The Morgan fingerprint density at radius 1 is 1.13 bits per heavy atom. The summed E-state index contributed by atoms with van der Waals surface area (Å²) in [5.74, 6) is 2.04. The first-order valence-corrected chi connectivity index (χ1v) is 18.5. The van der Waals surface area contributed by atoms with Crippen molar-refractivity contribution >= 4 is 38.2 Å². The highest BCUT2D eigenvalue weighted by molar-refractivity contribution is 7.98. The molecule has 2 heterocycles. The quantitative estimate of drug-likeness (QED) is 0.146. The molecule has 0 aliphatic carbocycles. The van der Waals surface area contributed by atoms with Crippen LogP contribution >= 0.6 is 21.0 Å². The monoisotopic (exact) mass is 665 g/mol. The van der Waals surface area contributed by atoms with Gasteiger partial charge < -0.3 is 10.5 Å². The third-order valence-corrected chi connectivity index (χ3v) is 8.84. The van der Waals surface area contributed by atoms with Gasteiger partial charge in [-0.1, -0.05) is 75.4 Å². The Morgan fingerprint density at radius 3 is 2.28 bits per heavy atom. The number of nitrogens with two attached hydrogens (primary N) is 1. The van der Waals surface area contributed by atoms with Gasteiger partial charge in [-0.25, -0.2) is 9.97 Å². The third kappa shape index (κ3) is 14.8. The van der Waals surface area contributed by atoms with Gasteiger partial charge in [0.2, 0.25) is 0 Å². The van der Waals surface area contributed by atoms with Crippen LogP contribution in [0.1, 0.15) is 124 Å². The van der Waals surface area contributed by atoms with Gasteiger partial charge in [-0.3, -0.25) is 4.99 Å². The van der Waals surface area contributed by atoms with Crippen molar-refractivity contribution in [3.05, 3.63) is 81.6 Å². The fraction of sp³-hybridized carbons (Fsp3) is 0.526. The predicted octanol–water partition coefficient (Wildman–Crippen LogP) is 9.89. The average Bonchev–Trinajstić information content (AvgIpc) is 3.50. The van der Waals surface area contributed by atoms with Crippen molar-refractivity contribution in [3.8, 4) is 6.07 Å². The number of aromatic nitrogens is 2. The lowest BCUT2D eigenvalue weighted by Gasteiger charge is -2.18. The van der Waals surface area contributed by atoms with Gasteiger partial charge in [0, 0.05) is 45.9 Å². The Balaban J connectivity index is 0.000000835. The zero-order valence-corrected chi connectivity index (χ0v) is 32.4. The number of rotatable bonds is 11. The molecule has 8 heteroatoms. The number of ether oxygens (including phenoxy) is 1. The summed E-state index contributed by atoms with van der Waals surface area (Å²) in [6.45, 7) is 22.4. The van der Waals surface area contributed by atoms with Crippen LogP contribution in [0.2, 0.25) is 0 Å². The van der Waals surface area contributed by atoms with E-state index in [-0.39, 0.29) is 0 Å². The van der Waals surface area contributed by atoms with Crippen molar-refractivity contribution in [2.45, 2.75) is 126 Å². The first kappa shape index (κ1) is 43.2. The van der Waals surface area contributed by atoms with Crippen LogP contribution in [0, 0.1) is 18.3 Å². The minimum absolute atomic E-state index is 0.438. The van der Waals surface area contributed by atoms with Gasteiger partial charge in [0.1, 0.15) is 6.33 Å². The fourth-order valence-corrected chi connectivity index (χ4v) is 6.28. The zero-order valence-electron chi connectivity index (χ0n) is 30.4. The molecular weight excluding hydrogens is 605 g/mol. The third-order valence-electron chi connectivity index (χ3n) is 7.24. The highest BCUT2D eigenvalue weighted by Gasteiger charge is 2.21. The molecule has 0 bridgehead atoms. The summed E-state index contributed by atoms with van der Waals surface area (Å²) in [6, 6.07) is 9.83. The van der Waals surface area contributed by atoms with Gasteiger partial charge in [-0.05, 0) is 89.1 Å². The van der Waals surface area contributed by atoms with E-state index in [1.54, 1.807) is 12.5 Å². The molecule has 1 fully saturated rings. The number of thioether (sulfide) groups is 1. The Morgan fingerprint density at radius 2 is 1.78 bits per heavy atom. The van der Waals surface area contributed by atoms with E-state index in [0.29, 0.717) is 17.8 Å². The van der Waals surface area contributed by atoms with E-state index in [4.69, 9.17) is 15.7 Å². The molecule has 0 saturated carbocycles. The van der Waals surface area contributed by atoms with Crippen LogP contribution < -0.4 is 11.2 Å². The van der Waals surface area contributed by atoms with Gasteiger partial charge in [-0.15, -0.1) is 0 Å². The Labute approximate surface area is 287 Å². The molecule has 1 aliphatic rings. The first-order chi connectivity index (χ1) is 22.2. The summed E-state index contributed by atoms with van der Waals surface area (Å²) in [5.41, 5.74) is 16.5. The molecule has 3 atom stereocenters. The molecule has 1 aromatic carbocycles. The molecule has 1 saturated heterocycles. The highest BCUT2D eigenvalue weighted by atomic mass is 32.2. The number of unbranched alkanes of at least 4 members (excludes halogenated alkanes) is 1. The molecule has 1 aliphatic heterocycles. The Bertz CT molecular complexity index is 1310. The van der Waals surface area contributed by atoms with Crippen LogP contribution in [-0.2, 0) is 10.5 Å². The Hall–Kier alpha value is -2.78. The van der Waals surface area contributed by atoms with Crippen LogP contribution in [0.3, 0.4) is 0 Å². The SMILES string of the molecule is CC.CC.CC=N/C(C)=C(C(=C\CCC)/c1ccc(C#N)cc1)\C(N)=C(/C)CC.Cc1ncnc(P)c1CSCC1CCC(C)O1. The maximum Gasteiger partial charge on any atom is 0.116 e. The summed E-state index contributed by atoms with van der Waals surface area (Å²) in [7, 11) is 2.69. The van der Waals surface area contributed by atoms with E-state index in [0.717, 1.165) is 75.6 Å². The minimum Gasteiger partial charge on any atom is -0.398 e. The number of allylic oxidation sites excluding steroid dienone is 4. The number of benzene rings is 1. The number of hydrogen-bond acceptors (Lipinski definition) is 7. The molecule has 2 aromatic rings. The van der Waals surface area contributed by atoms with Gasteiger partial charge in [0.15, 0.2) is 0 Å². The molecule has 1 aromatic heterocycles. The smallest absolute Gasteiger partial charge is 0.116 e. The van der Waals surface area contributed by atoms with E-state index in [1.165, 1.54) is 18.4 Å². The van der Waals surface area contributed by atoms with Crippen LogP contribution in [0.4, 0.5) is 0 Å². The maximum atomic E-state index is 9.05. The van der Waals surface area contributed by atoms with Gasteiger partial charge in [0.25, 0.3) is 0 Å². The largest absolute Gasteiger partial charge is 0.398 e. The number of hydrogen-bond donors (Lipinski definition) is 1. The molecule has 3 unspecified atom stereocenters. The zero-order chi connectivity index (χ0) is 35.1. The second-order valence-corrected chi connectivity index (χ2v) is 12.1. The molecule has 0 spiro atoms. The lowest BCUT2D eigenvalue weighted by atomic mass is 9.90. The molecule has 254 valence electrons. The molecule has 3 rings (SSSR count). The van der Waals surface area contributed by atoms with Crippen molar-refractivity contribution < 1.29 is 4.74 Å². The topological polar surface area (TPSA) is 97.2 Å². The van der Waals surface area contributed by atoms with E-state index in [2.05, 4.69) is 64.0 Å². The van der Waals surface area contributed by atoms with E-state index >= 15 is 0 Å². The molecule has 46 heavy (non-hydrogen) atoms. The number of nitriles is 1. The van der Waals surface area contributed by atoms with E-state index in [1.807, 2.05) is 84.5 Å². The van der Waals surface area contributed by atoms with Crippen molar-refractivity contribution in [3.63, 3.8) is 0 Å². The summed E-state index contributed by atoms with van der Waals surface area (Å²) in [5, 5.41) is 9.05. The molecule has 2 N–H and O–H groups in total. The van der Waals surface area contributed by atoms with Crippen molar-refractivity contribution in [1.82, 2.24) is 9.97 Å². The van der Waals surface area contributed by atoms with Crippen molar-refractivity contribution in [2.75, 3.05) is 5.75 Å². The predicted molar refractivity (Wildman–Crippen MR) is 207 cm³/mol. The van der Waals surface area contributed by atoms with Gasteiger partial charge in [0.05, 0.1) is 29.3 Å². The van der Waals surface area contributed by atoms with Crippen molar-refractivity contribution in [1.29, 1.82) is 5.26 Å². The minimum atomic E-state index is 0.438. The molecular formula is C38H60N5OPS. The number of aryl methyl sites for hydroxylation is 1. The summed E-state index contributed by atoms with van der Waals surface area (Å²) in [6.07, 6.45) is 11.8. The number of nitrogens with zero attached hydrogens (tertiary/aromatic N) is 4. The van der Waals surface area contributed by atoms with E-state index in [9.17, 15) is 0 Å². The maximum absolute atomic E-state index is 9.05. The van der Waals surface area contributed by atoms with Crippen molar-refractivity contribution in [2.24, 2.45) is 10.7 Å². The van der Waals surface area contributed by atoms with Crippen LogP contribution in [-0.4, -0.2) is 34.1 Å². The van der Waals surface area contributed by atoms with Gasteiger partial charge >= 0.3 is 0 Å². The normalized spacial score (nSPS) is 16.9. The summed E-state index contributed by atoms with van der Waals surface area (Å²) in [4.78, 5) is 12.9.